The average molecular weight is 303 g/mol. The van der Waals surface area contributed by atoms with Gasteiger partial charge in [-0.1, -0.05) is 6.92 Å². The number of nitriles is 1. The summed E-state index contributed by atoms with van der Waals surface area (Å²) in [6.07, 6.45) is 1.89. The van der Waals surface area contributed by atoms with Crippen LogP contribution in [0.5, 0.6) is 0 Å². The van der Waals surface area contributed by atoms with Gasteiger partial charge in [0.1, 0.15) is 5.40 Å². The van der Waals surface area contributed by atoms with E-state index in [1.807, 2.05) is 5.40 Å². The number of nitrogens with zero attached hydrogens (tertiary/aromatic N) is 2. The molecular weight excluding hydrogens is 286 g/mol. The summed E-state index contributed by atoms with van der Waals surface area (Å²) in [5, 5.41) is 13.1. The van der Waals surface area contributed by atoms with Crippen LogP contribution in [-0.2, 0) is 9.59 Å². The number of nitrogens with one attached hydrogen (secondary N) is 1. The van der Waals surface area contributed by atoms with E-state index in [1.54, 1.807) is 29.2 Å². The minimum absolute atomic E-state index is 0.475. The number of rotatable bonds is 2. The number of thiocyanates is 1. The average Bonchev–Trinajstić information content (AvgIpc) is 2.49. The van der Waals surface area contributed by atoms with E-state index in [9.17, 15) is 9.59 Å². The van der Waals surface area contributed by atoms with Gasteiger partial charge in [0.05, 0.1) is 0 Å². The fourth-order valence-electron chi connectivity index (χ4n) is 2.20. The Bertz CT molecular complexity index is 557. The van der Waals surface area contributed by atoms with E-state index in [0.29, 0.717) is 24.7 Å². The predicted molar refractivity (Wildman–Crippen MR) is 81.5 cm³/mol. The maximum absolute atomic E-state index is 12.0. The van der Waals surface area contributed by atoms with Crippen LogP contribution in [-0.4, -0.2) is 29.8 Å². The van der Waals surface area contributed by atoms with Crippen LogP contribution in [0.15, 0.2) is 29.2 Å². The van der Waals surface area contributed by atoms with Crippen LogP contribution >= 0.6 is 11.8 Å². The van der Waals surface area contributed by atoms with Crippen LogP contribution in [0.4, 0.5) is 5.69 Å². The highest BCUT2D eigenvalue weighted by Crippen LogP contribution is 2.19. The molecule has 0 aliphatic carbocycles. The Hall–Kier alpha value is -2.00. The molecule has 0 bridgehead atoms. The summed E-state index contributed by atoms with van der Waals surface area (Å²) in [5.74, 6) is -0.468. The van der Waals surface area contributed by atoms with Crippen LogP contribution in [0.3, 0.4) is 0 Å². The Kier molecular flexibility index (Phi) is 5.23. The van der Waals surface area contributed by atoms with E-state index < -0.39 is 11.8 Å². The molecule has 6 heteroatoms. The largest absolute Gasteiger partial charge is 0.334 e. The lowest BCUT2D eigenvalue weighted by Crippen LogP contribution is -2.43. The molecule has 2 amide bonds. The fraction of sp³-hybridized carbons (Fsp3) is 0.400. The molecule has 1 N–H and O–H groups in total. The summed E-state index contributed by atoms with van der Waals surface area (Å²) in [4.78, 5) is 26.4. The quantitative estimate of drug-likeness (QED) is 0.517. The summed E-state index contributed by atoms with van der Waals surface area (Å²) in [5.41, 5.74) is 0.556. The van der Waals surface area contributed by atoms with Gasteiger partial charge in [0, 0.05) is 23.7 Å². The van der Waals surface area contributed by atoms with Crippen LogP contribution in [0.2, 0.25) is 0 Å². The van der Waals surface area contributed by atoms with Crippen LogP contribution in [0.25, 0.3) is 0 Å². The monoisotopic (exact) mass is 303 g/mol. The van der Waals surface area contributed by atoms with E-state index in [1.165, 1.54) is 0 Å². The van der Waals surface area contributed by atoms with E-state index in [2.05, 4.69) is 12.2 Å². The summed E-state index contributed by atoms with van der Waals surface area (Å²) < 4.78 is 0. The maximum atomic E-state index is 12.0. The van der Waals surface area contributed by atoms with Gasteiger partial charge in [-0.2, -0.15) is 5.26 Å². The number of amides is 2. The van der Waals surface area contributed by atoms with Crippen molar-refractivity contribution >= 4 is 29.3 Å². The van der Waals surface area contributed by atoms with Gasteiger partial charge in [-0.3, -0.25) is 9.59 Å². The molecule has 0 spiro atoms. The van der Waals surface area contributed by atoms with Gasteiger partial charge < -0.3 is 10.2 Å². The molecule has 1 aromatic rings. The highest BCUT2D eigenvalue weighted by Gasteiger charge is 2.25. The van der Waals surface area contributed by atoms with Gasteiger partial charge in [0.15, 0.2) is 0 Å². The molecule has 21 heavy (non-hydrogen) atoms. The van der Waals surface area contributed by atoms with Gasteiger partial charge in [-0.25, -0.2) is 0 Å². The Morgan fingerprint density at radius 1 is 1.29 bits per heavy atom. The Balaban J connectivity index is 1.91. The summed E-state index contributed by atoms with van der Waals surface area (Å²) in [6, 6.07) is 6.83. The topological polar surface area (TPSA) is 73.2 Å². The number of carbonyl (C=O) groups is 2. The third-order valence-corrected chi connectivity index (χ3v) is 4.14. The van der Waals surface area contributed by atoms with Gasteiger partial charge in [-0.15, -0.1) is 0 Å². The third kappa shape index (κ3) is 4.23. The summed E-state index contributed by atoms with van der Waals surface area (Å²) >= 11 is 1.05. The standard InChI is InChI=1S/C15H17N3O2S/c1-11-6-8-18(9-7-11)15(20)14(19)17-12-2-4-13(5-3-12)21-10-16/h2-5,11H,6-9H2,1H3,(H,17,19). The van der Waals surface area contributed by atoms with E-state index in [0.717, 1.165) is 29.5 Å². The number of hydrogen-bond donors (Lipinski definition) is 1. The first-order valence-electron chi connectivity index (χ1n) is 6.86. The maximum Gasteiger partial charge on any atom is 0.313 e. The molecule has 0 unspecified atom stereocenters. The number of benzene rings is 1. The summed E-state index contributed by atoms with van der Waals surface area (Å²) in [6.45, 7) is 3.44. The normalized spacial score (nSPS) is 15.3. The Morgan fingerprint density at radius 2 is 1.90 bits per heavy atom. The zero-order chi connectivity index (χ0) is 15.2. The lowest BCUT2D eigenvalue weighted by atomic mass is 9.99. The van der Waals surface area contributed by atoms with Crippen molar-refractivity contribution in [2.45, 2.75) is 24.7 Å². The van der Waals surface area contributed by atoms with Crippen LogP contribution in [0.1, 0.15) is 19.8 Å². The van der Waals surface area contributed by atoms with Crippen molar-refractivity contribution in [3.8, 4) is 5.40 Å². The molecule has 1 aliphatic heterocycles. The first-order chi connectivity index (χ1) is 10.1. The first kappa shape index (κ1) is 15.4. The first-order valence-corrected chi connectivity index (χ1v) is 7.68. The minimum atomic E-state index is -0.606. The van der Waals surface area contributed by atoms with Crippen LogP contribution < -0.4 is 5.32 Å². The van der Waals surface area contributed by atoms with Crippen molar-refractivity contribution in [1.82, 2.24) is 4.90 Å². The summed E-state index contributed by atoms with van der Waals surface area (Å²) in [7, 11) is 0. The second-order valence-corrected chi connectivity index (χ2v) is 6.00. The second kappa shape index (κ2) is 7.14. The molecule has 110 valence electrons. The molecule has 2 rings (SSSR count). The third-order valence-electron chi connectivity index (χ3n) is 3.54. The highest BCUT2D eigenvalue weighted by molar-refractivity contribution is 8.03. The lowest BCUT2D eigenvalue weighted by Gasteiger charge is -2.29. The van der Waals surface area contributed by atoms with Crippen molar-refractivity contribution in [3.63, 3.8) is 0 Å². The lowest BCUT2D eigenvalue weighted by molar-refractivity contribution is -0.144. The molecular formula is C15H17N3O2S. The van der Waals surface area contributed by atoms with Gasteiger partial charge >= 0.3 is 11.8 Å². The van der Waals surface area contributed by atoms with E-state index in [-0.39, 0.29) is 0 Å². The SMILES string of the molecule is CC1CCN(C(=O)C(=O)Nc2ccc(SC#N)cc2)CC1. The molecule has 0 saturated carbocycles. The number of likely N-dealkylation sites (tertiary alicyclic amines) is 1. The molecule has 0 aromatic heterocycles. The van der Waals surface area contributed by atoms with Gasteiger partial charge in [-0.05, 0) is 54.8 Å². The van der Waals surface area contributed by atoms with Crippen LogP contribution in [0, 0.1) is 16.6 Å². The number of hydrogen-bond acceptors (Lipinski definition) is 4. The molecule has 1 saturated heterocycles. The predicted octanol–water partition coefficient (Wildman–Crippen LogP) is 2.46. The van der Waals surface area contributed by atoms with E-state index in [4.69, 9.17) is 5.26 Å². The molecule has 0 radical (unpaired) electrons. The molecule has 1 fully saturated rings. The van der Waals surface area contributed by atoms with Crippen molar-refractivity contribution in [2.24, 2.45) is 5.92 Å². The van der Waals surface area contributed by atoms with Crippen molar-refractivity contribution in [2.75, 3.05) is 18.4 Å². The van der Waals surface area contributed by atoms with E-state index >= 15 is 0 Å². The molecule has 1 aliphatic rings. The number of anilines is 1. The molecule has 0 atom stereocenters. The highest BCUT2D eigenvalue weighted by atomic mass is 32.2. The number of piperidine rings is 1. The molecule has 1 aromatic carbocycles. The number of carbonyl (C=O) groups excluding carboxylic acids is 2. The Morgan fingerprint density at radius 3 is 2.48 bits per heavy atom. The smallest absolute Gasteiger partial charge is 0.313 e. The zero-order valence-corrected chi connectivity index (χ0v) is 12.7. The van der Waals surface area contributed by atoms with Crippen molar-refractivity contribution in [3.05, 3.63) is 24.3 Å². The fourth-order valence-corrected chi connectivity index (χ4v) is 2.58. The van der Waals surface area contributed by atoms with Crippen molar-refractivity contribution in [1.29, 1.82) is 5.26 Å². The minimum Gasteiger partial charge on any atom is -0.334 e. The number of thioether (sulfide) groups is 1. The van der Waals surface area contributed by atoms with Gasteiger partial charge in [0.2, 0.25) is 0 Å². The zero-order valence-electron chi connectivity index (χ0n) is 11.8. The van der Waals surface area contributed by atoms with Gasteiger partial charge in [0.25, 0.3) is 0 Å². The molecule has 1 heterocycles. The Labute approximate surface area is 128 Å². The van der Waals surface area contributed by atoms with Crippen molar-refractivity contribution < 1.29 is 9.59 Å². The molecule has 5 nitrogen and oxygen atoms in total. The second-order valence-electron chi connectivity index (χ2n) is 5.15.